The van der Waals surface area contributed by atoms with Crippen LogP contribution in [-0.4, -0.2) is 77.6 Å². The third-order valence-corrected chi connectivity index (χ3v) is 8.10. The molecule has 0 amide bonds. The quantitative estimate of drug-likeness (QED) is 0.640. The molecular formula is C27H45N3O2. The van der Waals surface area contributed by atoms with Crippen LogP contribution in [0.25, 0.3) is 0 Å². The molecule has 0 aromatic heterocycles. The van der Waals surface area contributed by atoms with Gasteiger partial charge in [0, 0.05) is 64.3 Å². The fourth-order valence-corrected chi connectivity index (χ4v) is 5.88. The van der Waals surface area contributed by atoms with E-state index in [-0.39, 0.29) is 0 Å². The number of anilines is 2. The van der Waals surface area contributed by atoms with Crippen molar-refractivity contribution in [3.8, 4) is 0 Å². The first-order valence-electron chi connectivity index (χ1n) is 12.9. The van der Waals surface area contributed by atoms with Gasteiger partial charge in [-0.1, -0.05) is 20.8 Å². The SMILES string of the molecule is COCCN1CCN(c2ccc(N3CCOCC3)cc2C2CCC(C(C)(C)C)CC2)CC1. The molecule has 3 fully saturated rings. The van der Waals surface area contributed by atoms with Crippen molar-refractivity contribution in [2.24, 2.45) is 11.3 Å². The Hall–Kier alpha value is -1.30. The molecule has 0 radical (unpaired) electrons. The predicted octanol–water partition coefficient (Wildman–Crippen LogP) is 4.61. The number of hydrogen-bond donors (Lipinski definition) is 0. The summed E-state index contributed by atoms with van der Waals surface area (Å²) < 4.78 is 10.9. The Labute approximate surface area is 196 Å². The van der Waals surface area contributed by atoms with E-state index in [1.165, 1.54) is 37.1 Å². The van der Waals surface area contributed by atoms with Crippen molar-refractivity contribution >= 4 is 11.4 Å². The van der Waals surface area contributed by atoms with Crippen molar-refractivity contribution in [2.45, 2.75) is 52.4 Å². The second-order valence-corrected chi connectivity index (χ2v) is 11.1. The summed E-state index contributed by atoms with van der Waals surface area (Å²) in [5.41, 5.74) is 4.92. The maximum Gasteiger partial charge on any atom is 0.0642 e. The van der Waals surface area contributed by atoms with Crippen LogP contribution in [0.2, 0.25) is 0 Å². The van der Waals surface area contributed by atoms with Crippen LogP contribution in [0.15, 0.2) is 18.2 Å². The Bertz CT molecular complexity index is 710. The van der Waals surface area contributed by atoms with E-state index in [1.807, 2.05) is 0 Å². The lowest BCUT2D eigenvalue weighted by Gasteiger charge is -2.41. The highest BCUT2D eigenvalue weighted by atomic mass is 16.5. The van der Waals surface area contributed by atoms with Crippen LogP contribution in [-0.2, 0) is 9.47 Å². The molecule has 1 saturated carbocycles. The van der Waals surface area contributed by atoms with E-state index in [1.54, 1.807) is 12.7 Å². The number of hydrogen-bond acceptors (Lipinski definition) is 5. The third kappa shape index (κ3) is 5.78. The first-order chi connectivity index (χ1) is 15.5. The molecule has 0 N–H and O–H groups in total. The van der Waals surface area contributed by atoms with Gasteiger partial charge in [0.05, 0.1) is 19.8 Å². The predicted molar refractivity (Wildman–Crippen MR) is 134 cm³/mol. The monoisotopic (exact) mass is 443 g/mol. The molecule has 1 aliphatic carbocycles. The van der Waals surface area contributed by atoms with Crippen LogP contribution >= 0.6 is 0 Å². The Morgan fingerprint density at radius 2 is 1.59 bits per heavy atom. The minimum absolute atomic E-state index is 0.433. The van der Waals surface area contributed by atoms with Gasteiger partial charge in [0.2, 0.25) is 0 Å². The average Bonchev–Trinajstić information content (AvgIpc) is 2.83. The van der Waals surface area contributed by atoms with Gasteiger partial charge >= 0.3 is 0 Å². The maximum absolute atomic E-state index is 5.60. The van der Waals surface area contributed by atoms with Gasteiger partial charge in [-0.2, -0.15) is 0 Å². The lowest BCUT2D eigenvalue weighted by Crippen LogP contribution is -2.47. The van der Waals surface area contributed by atoms with Crippen LogP contribution in [0.1, 0.15) is 57.9 Å². The molecule has 2 aliphatic heterocycles. The van der Waals surface area contributed by atoms with Gasteiger partial charge in [0.1, 0.15) is 0 Å². The zero-order valence-electron chi connectivity index (χ0n) is 20.9. The van der Waals surface area contributed by atoms with Gasteiger partial charge in [-0.25, -0.2) is 0 Å². The molecule has 2 saturated heterocycles. The normalized spacial score (nSPS) is 25.9. The summed E-state index contributed by atoms with van der Waals surface area (Å²) in [5, 5.41) is 0. The van der Waals surface area contributed by atoms with E-state index < -0.39 is 0 Å². The Morgan fingerprint density at radius 1 is 0.906 bits per heavy atom. The fourth-order valence-electron chi connectivity index (χ4n) is 5.88. The zero-order chi connectivity index (χ0) is 22.6. The summed E-state index contributed by atoms with van der Waals surface area (Å²) in [7, 11) is 1.80. The van der Waals surface area contributed by atoms with E-state index in [9.17, 15) is 0 Å². The molecule has 5 nitrogen and oxygen atoms in total. The Morgan fingerprint density at radius 3 is 2.22 bits per heavy atom. The summed E-state index contributed by atoms with van der Waals surface area (Å²) >= 11 is 0. The topological polar surface area (TPSA) is 28.2 Å². The second-order valence-electron chi connectivity index (χ2n) is 11.1. The van der Waals surface area contributed by atoms with E-state index in [4.69, 9.17) is 9.47 Å². The largest absolute Gasteiger partial charge is 0.383 e. The van der Waals surface area contributed by atoms with Gasteiger partial charge in [-0.15, -0.1) is 0 Å². The van der Waals surface area contributed by atoms with Gasteiger partial charge in [0.15, 0.2) is 0 Å². The van der Waals surface area contributed by atoms with Crippen molar-refractivity contribution in [3.05, 3.63) is 23.8 Å². The van der Waals surface area contributed by atoms with E-state index in [0.717, 1.165) is 71.6 Å². The summed E-state index contributed by atoms with van der Waals surface area (Å²) in [6.07, 6.45) is 5.38. The fraction of sp³-hybridized carbons (Fsp3) is 0.778. The zero-order valence-corrected chi connectivity index (χ0v) is 20.9. The number of benzene rings is 1. The van der Waals surface area contributed by atoms with E-state index >= 15 is 0 Å². The summed E-state index contributed by atoms with van der Waals surface area (Å²) in [6.45, 7) is 17.3. The highest BCUT2D eigenvalue weighted by Crippen LogP contribution is 2.46. The molecular weight excluding hydrogens is 398 g/mol. The smallest absolute Gasteiger partial charge is 0.0642 e. The van der Waals surface area contributed by atoms with Crippen molar-refractivity contribution in [1.29, 1.82) is 0 Å². The van der Waals surface area contributed by atoms with Crippen LogP contribution < -0.4 is 9.80 Å². The summed E-state index contributed by atoms with van der Waals surface area (Å²) in [5.74, 6) is 1.55. The highest BCUT2D eigenvalue weighted by Gasteiger charge is 2.32. The molecule has 32 heavy (non-hydrogen) atoms. The van der Waals surface area contributed by atoms with Crippen molar-refractivity contribution in [2.75, 3.05) is 82.5 Å². The molecule has 3 aliphatic rings. The molecule has 1 aromatic carbocycles. The standard InChI is InChI=1S/C27H45N3O2/c1-27(2,3)23-7-5-22(6-8-23)25-21-24(29-16-19-32-20-17-29)9-10-26(25)30-13-11-28(12-14-30)15-18-31-4/h9-10,21-23H,5-8,11-20H2,1-4H3. The number of methoxy groups -OCH3 is 1. The van der Waals surface area contributed by atoms with Crippen LogP contribution in [0, 0.1) is 11.3 Å². The molecule has 0 spiro atoms. The van der Waals surface area contributed by atoms with Crippen LogP contribution in [0.4, 0.5) is 11.4 Å². The number of morpholine rings is 1. The maximum atomic E-state index is 5.60. The lowest BCUT2D eigenvalue weighted by molar-refractivity contribution is 0.122. The average molecular weight is 444 g/mol. The van der Waals surface area contributed by atoms with Gasteiger partial charge in [-0.05, 0) is 66.7 Å². The highest BCUT2D eigenvalue weighted by molar-refractivity contribution is 5.63. The van der Waals surface area contributed by atoms with Crippen molar-refractivity contribution < 1.29 is 9.47 Å². The lowest BCUT2D eigenvalue weighted by atomic mass is 9.68. The number of nitrogens with zero attached hydrogens (tertiary/aromatic N) is 3. The van der Waals surface area contributed by atoms with Gasteiger partial charge < -0.3 is 19.3 Å². The van der Waals surface area contributed by atoms with Gasteiger partial charge in [-0.3, -0.25) is 4.90 Å². The first kappa shape index (κ1) is 23.8. The molecule has 4 rings (SSSR count). The summed E-state index contributed by atoms with van der Waals surface area (Å²) in [4.78, 5) is 7.70. The Balaban J connectivity index is 1.52. The van der Waals surface area contributed by atoms with Gasteiger partial charge in [0.25, 0.3) is 0 Å². The van der Waals surface area contributed by atoms with Crippen LogP contribution in [0.5, 0.6) is 0 Å². The Kier molecular flexibility index (Phi) is 8.01. The third-order valence-electron chi connectivity index (χ3n) is 8.10. The second kappa shape index (κ2) is 10.8. The molecule has 0 atom stereocenters. The minimum atomic E-state index is 0.433. The molecule has 2 heterocycles. The van der Waals surface area contributed by atoms with Crippen LogP contribution in [0.3, 0.4) is 0 Å². The molecule has 180 valence electrons. The van der Waals surface area contributed by atoms with E-state index in [0.29, 0.717) is 11.3 Å². The number of ether oxygens (including phenoxy) is 2. The molecule has 1 aromatic rings. The number of piperazine rings is 1. The minimum Gasteiger partial charge on any atom is -0.383 e. The van der Waals surface area contributed by atoms with Crippen molar-refractivity contribution in [1.82, 2.24) is 4.90 Å². The number of rotatable bonds is 6. The molecule has 0 unspecified atom stereocenters. The molecule has 0 bridgehead atoms. The van der Waals surface area contributed by atoms with Crippen molar-refractivity contribution in [3.63, 3.8) is 0 Å². The summed E-state index contributed by atoms with van der Waals surface area (Å²) in [6, 6.07) is 7.34. The molecule has 5 heteroatoms. The first-order valence-corrected chi connectivity index (χ1v) is 12.9. The van der Waals surface area contributed by atoms with E-state index in [2.05, 4.69) is 53.7 Å².